The van der Waals surface area contributed by atoms with Gasteiger partial charge in [-0.3, -0.25) is 4.79 Å². The Hall–Kier alpha value is -3.49. The first-order valence-electron chi connectivity index (χ1n) is 11.4. The smallest absolute Gasteiger partial charge is 0.242 e. The highest BCUT2D eigenvalue weighted by Gasteiger charge is 2.23. The number of hydrogen-bond donors (Lipinski definition) is 2. The molecule has 0 unspecified atom stereocenters. The first-order valence-corrected chi connectivity index (χ1v) is 12.9. The van der Waals surface area contributed by atoms with E-state index in [0.29, 0.717) is 18.1 Å². The minimum atomic E-state index is -3.83. The van der Waals surface area contributed by atoms with Crippen molar-refractivity contribution < 1.29 is 17.9 Å². The van der Waals surface area contributed by atoms with E-state index in [1.54, 1.807) is 48.5 Å². The summed E-state index contributed by atoms with van der Waals surface area (Å²) in [6.45, 7) is 6.69. The lowest BCUT2D eigenvalue weighted by molar-refractivity contribution is -0.121. The SMILES string of the molecule is Cc1ccc(S(=O)(=O)N[C@H](CC(=O)N/N=C\c2ccc(OCC(C)C)cc2)c2ccccc2)cc1. The summed E-state index contributed by atoms with van der Waals surface area (Å²) in [5.41, 5.74) is 4.91. The number of sulfonamides is 1. The van der Waals surface area contributed by atoms with Crippen LogP contribution in [0.25, 0.3) is 0 Å². The van der Waals surface area contributed by atoms with E-state index in [2.05, 4.69) is 29.1 Å². The van der Waals surface area contributed by atoms with Gasteiger partial charge in [-0.05, 0) is 60.4 Å². The average molecular weight is 494 g/mol. The third-order valence-corrected chi connectivity index (χ3v) is 6.57. The molecule has 0 bridgehead atoms. The molecule has 8 heteroatoms. The van der Waals surface area contributed by atoms with Gasteiger partial charge in [-0.15, -0.1) is 0 Å². The van der Waals surface area contributed by atoms with Crippen molar-refractivity contribution in [2.24, 2.45) is 11.0 Å². The zero-order chi connectivity index (χ0) is 25.3. The van der Waals surface area contributed by atoms with Gasteiger partial charge in [-0.25, -0.2) is 18.6 Å². The van der Waals surface area contributed by atoms with Gasteiger partial charge in [0.2, 0.25) is 15.9 Å². The zero-order valence-corrected chi connectivity index (χ0v) is 21.0. The quantitative estimate of drug-likeness (QED) is 0.302. The normalized spacial score (nSPS) is 12.6. The number of nitrogens with one attached hydrogen (secondary N) is 2. The Balaban J connectivity index is 1.64. The van der Waals surface area contributed by atoms with Crippen molar-refractivity contribution >= 4 is 22.1 Å². The molecule has 3 rings (SSSR count). The van der Waals surface area contributed by atoms with Crippen molar-refractivity contribution in [1.29, 1.82) is 0 Å². The van der Waals surface area contributed by atoms with Crippen LogP contribution in [0.15, 0.2) is 88.9 Å². The van der Waals surface area contributed by atoms with Gasteiger partial charge in [-0.2, -0.15) is 5.10 Å². The molecule has 0 fully saturated rings. The van der Waals surface area contributed by atoms with Gasteiger partial charge in [0.1, 0.15) is 5.75 Å². The van der Waals surface area contributed by atoms with Gasteiger partial charge in [0, 0.05) is 6.42 Å². The van der Waals surface area contributed by atoms with Gasteiger partial charge in [0.25, 0.3) is 0 Å². The molecule has 1 amide bonds. The van der Waals surface area contributed by atoms with Crippen LogP contribution in [0.1, 0.15) is 43.0 Å². The fourth-order valence-corrected chi connectivity index (χ4v) is 4.43. The van der Waals surface area contributed by atoms with Crippen molar-refractivity contribution in [2.75, 3.05) is 6.61 Å². The number of amides is 1. The van der Waals surface area contributed by atoms with Crippen LogP contribution in [0.3, 0.4) is 0 Å². The Morgan fingerprint density at radius 1 is 0.971 bits per heavy atom. The largest absolute Gasteiger partial charge is 0.493 e. The molecule has 0 aromatic heterocycles. The molecule has 35 heavy (non-hydrogen) atoms. The van der Waals surface area contributed by atoms with E-state index in [4.69, 9.17) is 4.74 Å². The van der Waals surface area contributed by atoms with E-state index in [1.165, 1.54) is 6.21 Å². The molecule has 0 saturated carbocycles. The predicted octanol–water partition coefficient (Wildman–Crippen LogP) is 4.59. The molecule has 2 N–H and O–H groups in total. The second-order valence-electron chi connectivity index (χ2n) is 8.67. The Bertz CT molecular complexity index is 1220. The first-order chi connectivity index (χ1) is 16.7. The van der Waals surface area contributed by atoms with Crippen LogP contribution in [0.2, 0.25) is 0 Å². The number of rotatable bonds is 11. The van der Waals surface area contributed by atoms with Crippen LogP contribution in [-0.2, 0) is 14.8 Å². The van der Waals surface area contributed by atoms with E-state index in [0.717, 1.165) is 16.9 Å². The molecular formula is C27H31N3O4S. The number of carbonyl (C=O) groups excluding carboxylic acids is 1. The number of hydrazone groups is 1. The van der Waals surface area contributed by atoms with E-state index >= 15 is 0 Å². The first kappa shape index (κ1) is 26.1. The molecule has 7 nitrogen and oxygen atoms in total. The van der Waals surface area contributed by atoms with Crippen LogP contribution in [-0.4, -0.2) is 27.1 Å². The number of carbonyl (C=O) groups is 1. The van der Waals surface area contributed by atoms with Crippen molar-refractivity contribution in [1.82, 2.24) is 10.1 Å². The molecule has 0 saturated heterocycles. The molecule has 0 aliphatic carbocycles. The van der Waals surface area contributed by atoms with Crippen molar-refractivity contribution in [2.45, 2.75) is 38.1 Å². The van der Waals surface area contributed by atoms with Crippen LogP contribution < -0.4 is 14.9 Å². The summed E-state index contributed by atoms with van der Waals surface area (Å²) in [4.78, 5) is 12.7. The summed E-state index contributed by atoms with van der Waals surface area (Å²) in [6, 6.07) is 22.2. The predicted molar refractivity (Wildman–Crippen MR) is 138 cm³/mol. The summed E-state index contributed by atoms with van der Waals surface area (Å²) in [5.74, 6) is 0.789. The maximum atomic E-state index is 12.9. The summed E-state index contributed by atoms with van der Waals surface area (Å²) in [6.07, 6.45) is 1.41. The van der Waals surface area contributed by atoms with Crippen LogP contribution >= 0.6 is 0 Å². The van der Waals surface area contributed by atoms with Crippen molar-refractivity contribution in [3.8, 4) is 5.75 Å². The minimum Gasteiger partial charge on any atom is -0.493 e. The highest BCUT2D eigenvalue weighted by molar-refractivity contribution is 7.89. The lowest BCUT2D eigenvalue weighted by Crippen LogP contribution is -2.32. The summed E-state index contributed by atoms with van der Waals surface area (Å²) >= 11 is 0. The Morgan fingerprint density at radius 2 is 1.63 bits per heavy atom. The second kappa shape index (κ2) is 12.3. The lowest BCUT2D eigenvalue weighted by atomic mass is 10.0. The molecular weight excluding hydrogens is 462 g/mol. The average Bonchev–Trinajstić information content (AvgIpc) is 2.84. The topological polar surface area (TPSA) is 96.9 Å². The fourth-order valence-electron chi connectivity index (χ4n) is 3.21. The van der Waals surface area contributed by atoms with E-state index in [9.17, 15) is 13.2 Å². The van der Waals surface area contributed by atoms with Gasteiger partial charge in [0.05, 0.1) is 23.8 Å². The third kappa shape index (κ3) is 8.35. The summed E-state index contributed by atoms with van der Waals surface area (Å²) in [7, 11) is -3.83. The number of ether oxygens (including phenoxy) is 1. The maximum Gasteiger partial charge on any atom is 0.242 e. The molecule has 0 heterocycles. The molecule has 0 spiro atoms. The molecule has 0 aliphatic heterocycles. The molecule has 0 aliphatic rings. The number of nitrogens with zero attached hydrogens (tertiary/aromatic N) is 1. The molecule has 3 aromatic rings. The third-order valence-electron chi connectivity index (χ3n) is 5.09. The van der Waals surface area contributed by atoms with E-state index in [1.807, 2.05) is 37.3 Å². The molecule has 0 radical (unpaired) electrons. The maximum absolute atomic E-state index is 12.9. The minimum absolute atomic E-state index is 0.117. The standard InChI is InChI=1S/C27H31N3O4S/c1-20(2)19-34-24-13-11-22(12-14-24)18-28-29-27(31)17-26(23-7-5-4-6-8-23)30-35(32,33)25-15-9-21(3)10-16-25/h4-16,18,20,26,30H,17,19H2,1-3H3,(H,29,31)/b28-18-/t26-/m1/s1. The van der Waals surface area contributed by atoms with Crippen molar-refractivity contribution in [3.63, 3.8) is 0 Å². The summed E-state index contributed by atoms with van der Waals surface area (Å²) in [5, 5.41) is 4.01. The Kier molecular flexibility index (Phi) is 9.17. The molecule has 1 atom stereocenters. The Labute approximate surface area is 207 Å². The number of aryl methyl sites for hydroxylation is 1. The van der Waals surface area contributed by atoms with E-state index < -0.39 is 22.0 Å². The Morgan fingerprint density at radius 3 is 2.26 bits per heavy atom. The monoisotopic (exact) mass is 493 g/mol. The molecule has 3 aromatic carbocycles. The van der Waals surface area contributed by atoms with Gasteiger partial charge >= 0.3 is 0 Å². The highest BCUT2D eigenvalue weighted by atomic mass is 32.2. The van der Waals surface area contributed by atoms with Crippen LogP contribution in [0, 0.1) is 12.8 Å². The summed E-state index contributed by atoms with van der Waals surface area (Å²) < 4.78 is 34.2. The van der Waals surface area contributed by atoms with Gasteiger partial charge < -0.3 is 4.74 Å². The van der Waals surface area contributed by atoms with Gasteiger partial charge in [0.15, 0.2) is 0 Å². The fraction of sp³-hybridized carbons (Fsp3) is 0.259. The number of benzene rings is 3. The van der Waals surface area contributed by atoms with Crippen LogP contribution in [0.5, 0.6) is 5.75 Å². The molecule has 184 valence electrons. The van der Waals surface area contributed by atoms with Crippen molar-refractivity contribution in [3.05, 3.63) is 95.6 Å². The van der Waals surface area contributed by atoms with E-state index in [-0.39, 0.29) is 11.3 Å². The van der Waals surface area contributed by atoms with Gasteiger partial charge in [-0.1, -0.05) is 61.9 Å². The second-order valence-corrected chi connectivity index (χ2v) is 10.4. The number of hydrogen-bond acceptors (Lipinski definition) is 5. The zero-order valence-electron chi connectivity index (χ0n) is 20.1. The highest BCUT2D eigenvalue weighted by Crippen LogP contribution is 2.21. The lowest BCUT2D eigenvalue weighted by Gasteiger charge is -2.18. The van der Waals surface area contributed by atoms with Crippen LogP contribution in [0.4, 0.5) is 0 Å².